The van der Waals surface area contributed by atoms with Gasteiger partial charge in [-0.1, -0.05) is 32.9 Å². The van der Waals surface area contributed by atoms with Crippen molar-refractivity contribution < 1.29 is 19.1 Å². The van der Waals surface area contributed by atoms with Crippen molar-refractivity contribution >= 4 is 17.7 Å². The normalized spacial score (nSPS) is 21.8. The summed E-state index contributed by atoms with van der Waals surface area (Å²) >= 11 is 0. The van der Waals surface area contributed by atoms with E-state index in [-0.39, 0.29) is 35.2 Å². The predicted octanol–water partition coefficient (Wildman–Crippen LogP) is 4.45. The number of ether oxygens (including phenoxy) is 1. The van der Waals surface area contributed by atoms with Crippen LogP contribution in [-0.4, -0.2) is 54.4 Å². The zero-order valence-electron chi connectivity index (χ0n) is 22.4. The fourth-order valence-corrected chi connectivity index (χ4v) is 5.25. The summed E-state index contributed by atoms with van der Waals surface area (Å²) in [5.74, 6) is 0.477. The topological polar surface area (TPSA) is 87.7 Å². The number of hydrogen-bond acceptors (Lipinski definition) is 4. The fourth-order valence-electron chi connectivity index (χ4n) is 5.25. The molecule has 0 aromatic heterocycles. The van der Waals surface area contributed by atoms with Gasteiger partial charge in [-0.05, 0) is 85.9 Å². The summed E-state index contributed by atoms with van der Waals surface area (Å²) in [4.78, 5) is 40.7. The highest BCUT2D eigenvalue weighted by Gasteiger charge is 2.36. The lowest BCUT2D eigenvalue weighted by Gasteiger charge is -2.32. The van der Waals surface area contributed by atoms with Gasteiger partial charge in [0.05, 0.1) is 7.11 Å². The molecule has 7 nitrogen and oxygen atoms in total. The standard InChI is InChI=1S/C30H39N3O4/c1-30(2,3)22-11-7-21(8-12-22)29(36)33-19-5-6-26(33)28(35)32-24-15-13-23(14-16-24)31-27(34)20-9-17-25(37-4)18-10-20/h7-12,17-18,23-24,26H,5-6,13-16,19H2,1-4H3,(H,31,34)(H,32,35)/t23?,24?,26-/m1/s1. The first-order valence-electron chi connectivity index (χ1n) is 13.3. The van der Waals surface area contributed by atoms with Crippen LogP contribution in [0.4, 0.5) is 0 Å². The van der Waals surface area contributed by atoms with Gasteiger partial charge in [0, 0.05) is 29.8 Å². The molecular formula is C30H39N3O4. The van der Waals surface area contributed by atoms with E-state index < -0.39 is 6.04 Å². The van der Waals surface area contributed by atoms with Crippen LogP contribution in [0.15, 0.2) is 48.5 Å². The minimum absolute atomic E-state index is 0.0230. The van der Waals surface area contributed by atoms with Crippen LogP contribution in [0, 0.1) is 0 Å². The van der Waals surface area contributed by atoms with Crippen LogP contribution in [0.25, 0.3) is 0 Å². The summed E-state index contributed by atoms with van der Waals surface area (Å²) in [7, 11) is 1.60. The molecule has 1 saturated carbocycles. The van der Waals surface area contributed by atoms with Crippen molar-refractivity contribution in [1.29, 1.82) is 0 Å². The fraction of sp³-hybridized carbons (Fsp3) is 0.500. The molecule has 2 aliphatic rings. The Morgan fingerprint density at radius 1 is 0.811 bits per heavy atom. The van der Waals surface area contributed by atoms with Gasteiger partial charge in [0.15, 0.2) is 0 Å². The van der Waals surface area contributed by atoms with Gasteiger partial charge < -0.3 is 20.3 Å². The van der Waals surface area contributed by atoms with E-state index in [9.17, 15) is 14.4 Å². The van der Waals surface area contributed by atoms with E-state index in [1.807, 2.05) is 24.3 Å². The molecule has 1 saturated heterocycles. The molecule has 2 aromatic carbocycles. The number of benzene rings is 2. The molecule has 0 unspecified atom stereocenters. The van der Waals surface area contributed by atoms with Crippen LogP contribution in [0.3, 0.4) is 0 Å². The van der Waals surface area contributed by atoms with Crippen LogP contribution in [-0.2, 0) is 10.2 Å². The maximum atomic E-state index is 13.2. The molecule has 2 fully saturated rings. The number of carbonyl (C=O) groups excluding carboxylic acids is 3. The maximum absolute atomic E-state index is 13.2. The number of nitrogens with zero attached hydrogens (tertiary/aromatic N) is 1. The van der Waals surface area contributed by atoms with Crippen LogP contribution in [0.2, 0.25) is 0 Å². The van der Waals surface area contributed by atoms with Crippen molar-refractivity contribution in [3.63, 3.8) is 0 Å². The van der Waals surface area contributed by atoms with Crippen molar-refractivity contribution in [2.45, 2.75) is 82.8 Å². The minimum atomic E-state index is -0.428. The molecule has 3 amide bonds. The van der Waals surface area contributed by atoms with E-state index in [2.05, 4.69) is 31.4 Å². The Kier molecular flexibility index (Phi) is 8.20. The van der Waals surface area contributed by atoms with Gasteiger partial charge in [-0.15, -0.1) is 0 Å². The Bertz CT molecular complexity index is 1100. The SMILES string of the molecule is COc1ccc(C(=O)NC2CCC(NC(=O)[C@H]3CCCN3C(=O)c3ccc(C(C)(C)C)cc3)CC2)cc1. The lowest BCUT2D eigenvalue weighted by molar-refractivity contribution is -0.125. The summed E-state index contributed by atoms with van der Waals surface area (Å²) in [6, 6.07) is 14.5. The lowest BCUT2D eigenvalue weighted by Crippen LogP contribution is -2.50. The second-order valence-electron chi connectivity index (χ2n) is 11.2. The predicted molar refractivity (Wildman–Crippen MR) is 144 cm³/mol. The number of rotatable bonds is 6. The minimum Gasteiger partial charge on any atom is -0.497 e. The van der Waals surface area contributed by atoms with E-state index in [0.717, 1.165) is 32.1 Å². The Morgan fingerprint density at radius 2 is 1.38 bits per heavy atom. The van der Waals surface area contributed by atoms with Gasteiger partial charge >= 0.3 is 0 Å². The molecule has 2 aromatic rings. The van der Waals surface area contributed by atoms with Crippen LogP contribution < -0.4 is 15.4 Å². The summed E-state index contributed by atoms with van der Waals surface area (Å²) in [5.41, 5.74) is 2.43. The number of likely N-dealkylation sites (tertiary alicyclic amines) is 1. The average molecular weight is 506 g/mol. The number of nitrogens with one attached hydrogen (secondary N) is 2. The van der Waals surface area contributed by atoms with Crippen molar-refractivity contribution in [2.24, 2.45) is 0 Å². The molecule has 2 N–H and O–H groups in total. The molecule has 1 aliphatic carbocycles. The molecule has 0 bridgehead atoms. The van der Waals surface area contributed by atoms with Crippen LogP contribution in [0.1, 0.15) is 85.6 Å². The maximum Gasteiger partial charge on any atom is 0.254 e. The van der Waals surface area contributed by atoms with Crippen molar-refractivity contribution in [3.05, 3.63) is 65.2 Å². The van der Waals surface area contributed by atoms with Gasteiger partial charge in [-0.3, -0.25) is 14.4 Å². The van der Waals surface area contributed by atoms with E-state index in [0.29, 0.717) is 29.8 Å². The molecule has 37 heavy (non-hydrogen) atoms. The summed E-state index contributed by atoms with van der Waals surface area (Å²) in [6.45, 7) is 7.04. The van der Waals surface area contributed by atoms with Gasteiger partial charge in [0.2, 0.25) is 5.91 Å². The zero-order valence-corrected chi connectivity index (χ0v) is 22.4. The first-order valence-corrected chi connectivity index (χ1v) is 13.3. The summed E-state index contributed by atoms with van der Waals surface area (Å²) in [6.07, 6.45) is 4.72. The number of amides is 3. The molecule has 0 radical (unpaired) electrons. The third kappa shape index (κ3) is 6.51. The Morgan fingerprint density at radius 3 is 1.95 bits per heavy atom. The van der Waals surface area contributed by atoms with Crippen LogP contribution >= 0.6 is 0 Å². The van der Waals surface area contributed by atoms with Crippen molar-refractivity contribution in [2.75, 3.05) is 13.7 Å². The molecule has 1 aliphatic heterocycles. The molecule has 0 spiro atoms. The lowest BCUT2D eigenvalue weighted by atomic mass is 9.86. The highest BCUT2D eigenvalue weighted by Crippen LogP contribution is 2.26. The molecular weight excluding hydrogens is 466 g/mol. The number of hydrogen-bond donors (Lipinski definition) is 2. The molecule has 1 atom stereocenters. The Labute approximate surface area is 220 Å². The van der Waals surface area contributed by atoms with Gasteiger partial charge in [0.25, 0.3) is 11.8 Å². The van der Waals surface area contributed by atoms with Gasteiger partial charge in [-0.2, -0.15) is 0 Å². The van der Waals surface area contributed by atoms with Crippen LogP contribution in [0.5, 0.6) is 5.75 Å². The molecule has 7 heteroatoms. The smallest absolute Gasteiger partial charge is 0.254 e. The average Bonchev–Trinajstić information content (AvgIpc) is 3.39. The quantitative estimate of drug-likeness (QED) is 0.607. The largest absolute Gasteiger partial charge is 0.497 e. The summed E-state index contributed by atoms with van der Waals surface area (Å²) < 4.78 is 5.15. The zero-order chi connectivity index (χ0) is 26.6. The molecule has 1 heterocycles. The number of methoxy groups -OCH3 is 1. The Hall–Kier alpha value is -3.35. The third-order valence-corrected chi connectivity index (χ3v) is 7.58. The third-order valence-electron chi connectivity index (χ3n) is 7.58. The Balaban J connectivity index is 1.27. The van der Waals surface area contributed by atoms with E-state index in [1.165, 1.54) is 5.56 Å². The summed E-state index contributed by atoms with van der Waals surface area (Å²) in [5, 5.41) is 6.29. The molecule has 4 rings (SSSR count). The first kappa shape index (κ1) is 26.7. The monoisotopic (exact) mass is 505 g/mol. The van der Waals surface area contributed by atoms with E-state index in [4.69, 9.17) is 4.74 Å². The second-order valence-corrected chi connectivity index (χ2v) is 11.2. The van der Waals surface area contributed by atoms with Gasteiger partial charge in [-0.25, -0.2) is 0 Å². The highest BCUT2D eigenvalue weighted by molar-refractivity contribution is 5.98. The van der Waals surface area contributed by atoms with Crippen molar-refractivity contribution in [3.8, 4) is 5.75 Å². The van der Waals surface area contributed by atoms with E-state index >= 15 is 0 Å². The highest BCUT2D eigenvalue weighted by atomic mass is 16.5. The first-order chi connectivity index (χ1) is 17.7. The van der Waals surface area contributed by atoms with Gasteiger partial charge in [0.1, 0.15) is 11.8 Å². The number of carbonyl (C=O) groups is 3. The molecule has 198 valence electrons. The second kappa shape index (κ2) is 11.4. The van der Waals surface area contributed by atoms with E-state index in [1.54, 1.807) is 36.3 Å². The van der Waals surface area contributed by atoms with Crippen molar-refractivity contribution in [1.82, 2.24) is 15.5 Å².